The van der Waals surface area contributed by atoms with Crippen molar-refractivity contribution in [3.05, 3.63) is 35.8 Å². The van der Waals surface area contributed by atoms with E-state index in [1.54, 1.807) is 0 Å². The van der Waals surface area contributed by atoms with Gasteiger partial charge in [-0.3, -0.25) is 9.69 Å². The maximum absolute atomic E-state index is 13.4. The fraction of sp³-hybridized carbons (Fsp3) is 0.692. The molecule has 0 aromatic heterocycles. The van der Waals surface area contributed by atoms with Gasteiger partial charge in [-0.1, -0.05) is 50.7 Å². The Labute approximate surface area is 187 Å². The lowest BCUT2D eigenvalue weighted by atomic mass is 9.94. The van der Waals surface area contributed by atoms with Crippen LogP contribution in [0.25, 0.3) is 0 Å². The molecule has 0 spiro atoms. The Bertz CT molecular complexity index is 751. The second-order valence-electron chi connectivity index (χ2n) is 9.36. The minimum Gasteiger partial charge on any atom is -0.420 e. The van der Waals surface area contributed by atoms with Gasteiger partial charge in [0.05, 0.1) is 6.04 Å². The van der Waals surface area contributed by atoms with Crippen molar-refractivity contribution in [3.63, 3.8) is 0 Å². The SMILES string of the molecule is CCN(CC)C1=CCC(/C=C2/OC(=NC3CCCCC3)N(C3CCCCC3)C2=O)C=C1. The molecule has 3 fully saturated rings. The molecule has 1 saturated heterocycles. The smallest absolute Gasteiger partial charge is 0.300 e. The van der Waals surface area contributed by atoms with E-state index in [1.807, 2.05) is 11.0 Å². The summed E-state index contributed by atoms with van der Waals surface area (Å²) in [5, 5.41) is 0. The molecule has 5 nitrogen and oxygen atoms in total. The van der Waals surface area contributed by atoms with Crippen LogP contribution in [-0.4, -0.2) is 46.9 Å². The van der Waals surface area contributed by atoms with Gasteiger partial charge >= 0.3 is 6.02 Å². The molecular formula is C26H39N3O2. The molecule has 2 saturated carbocycles. The molecule has 1 amide bonds. The lowest BCUT2D eigenvalue weighted by Gasteiger charge is -2.29. The number of carbonyl (C=O) groups excluding carboxylic acids is 1. The molecule has 0 N–H and O–H groups in total. The zero-order chi connectivity index (χ0) is 21.6. The first-order chi connectivity index (χ1) is 15.2. The maximum Gasteiger partial charge on any atom is 0.300 e. The zero-order valence-corrected chi connectivity index (χ0v) is 19.4. The van der Waals surface area contributed by atoms with Gasteiger partial charge < -0.3 is 9.64 Å². The van der Waals surface area contributed by atoms with Crippen molar-refractivity contribution in [3.8, 4) is 0 Å². The number of rotatable bonds is 6. The van der Waals surface area contributed by atoms with E-state index in [1.165, 1.54) is 44.2 Å². The van der Waals surface area contributed by atoms with Crippen molar-refractivity contribution in [1.29, 1.82) is 0 Å². The first kappa shape index (κ1) is 22.2. The Hall–Kier alpha value is -2.04. The van der Waals surface area contributed by atoms with Crippen LogP contribution in [0.15, 0.2) is 40.8 Å². The Morgan fingerprint density at radius 3 is 2.35 bits per heavy atom. The number of amidine groups is 1. The van der Waals surface area contributed by atoms with Gasteiger partial charge in [-0.25, -0.2) is 4.99 Å². The molecule has 0 radical (unpaired) electrons. The summed E-state index contributed by atoms with van der Waals surface area (Å²) in [6, 6.07) is 1.12. The van der Waals surface area contributed by atoms with Gasteiger partial charge in [0.1, 0.15) is 0 Å². The Balaban J connectivity index is 1.51. The first-order valence-corrected chi connectivity index (χ1v) is 12.6. The number of likely N-dealkylation sites (N-methyl/N-ethyl adjacent to an activating group) is 1. The molecule has 0 aromatic rings. The number of hydrogen-bond donors (Lipinski definition) is 0. The van der Waals surface area contributed by atoms with E-state index in [0.29, 0.717) is 17.8 Å². The number of nitrogens with zero attached hydrogens (tertiary/aromatic N) is 3. The van der Waals surface area contributed by atoms with Crippen molar-refractivity contribution in [2.24, 2.45) is 10.9 Å². The number of allylic oxidation sites excluding steroid dienone is 4. The molecule has 4 rings (SSSR count). The van der Waals surface area contributed by atoms with E-state index in [9.17, 15) is 4.79 Å². The summed E-state index contributed by atoms with van der Waals surface area (Å²) in [5.41, 5.74) is 1.28. The number of amides is 1. The third-order valence-corrected chi connectivity index (χ3v) is 7.25. The monoisotopic (exact) mass is 425 g/mol. The minimum atomic E-state index is 0.0216. The summed E-state index contributed by atoms with van der Waals surface area (Å²) in [5.74, 6) is 0.698. The number of hydrogen-bond acceptors (Lipinski definition) is 4. The first-order valence-electron chi connectivity index (χ1n) is 12.6. The Morgan fingerprint density at radius 2 is 1.74 bits per heavy atom. The highest BCUT2D eigenvalue weighted by atomic mass is 16.5. The highest BCUT2D eigenvalue weighted by Gasteiger charge is 2.40. The van der Waals surface area contributed by atoms with Crippen molar-refractivity contribution in [2.45, 2.75) is 96.6 Å². The summed E-state index contributed by atoms with van der Waals surface area (Å²) < 4.78 is 6.18. The predicted octanol–water partition coefficient (Wildman–Crippen LogP) is 5.55. The molecule has 3 aliphatic carbocycles. The highest BCUT2D eigenvalue weighted by molar-refractivity contribution is 6.09. The highest BCUT2D eigenvalue weighted by Crippen LogP contribution is 2.32. The molecule has 1 atom stereocenters. The van der Waals surface area contributed by atoms with Crippen LogP contribution in [0.3, 0.4) is 0 Å². The summed E-state index contributed by atoms with van der Waals surface area (Å²) >= 11 is 0. The summed E-state index contributed by atoms with van der Waals surface area (Å²) in [6.45, 7) is 6.39. The van der Waals surface area contributed by atoms with Crippen LogP contribution in [0.4, 0.5) is 0 Å². The molecular weight excluding hydrogens is 386 g/mol. The van der Waals surface area contributed by atoms with Gasteiger partial charge in [-0.15, -0.1) is 0 Å². The van der Waals surface area contributed by atoms with E-state index in [4.69, 9.17) is 9.73 Å². The van der Waals surface area contributed by atoms with Crippen LogP contribution in [-0.2, 0) is 9.53 Å². The van der Waals surface area contributed by atoms with Crippen LogP contribution in [0.1, 0.15) is 84.5 Å². The fourth-order valence-electron chi connectivity index (χ4n) is 5.39. The van der Waals surface area contributed by atoms with E-state index in [-0.39, 0.29) is 17.9 Å². The molecule has 0 aromatic carbocycles. The van der Waals surface area contributed by atoms with Gasteiger partial charge in [-0.05, 0) is 58.1 Å². The van der Waals surface area contributed by atoms with Crippen molar-refractivity contribution >= 4 is 11.9 Å². The molecule has 5 heteroatoms. The van der Waals surface area contributed by atoms with Gasteiger partial charge in [0.25, 0.3) is 5.91 Å². The number of ether oxygens (including phenoxy) is 1. The third kappa shape index (κ3) is 5.24. The zero-order valence-electron chi connectivity index (χ0n) is 19.4. The lowest BCUT2D eigenvalue weighted by Crippen LogP contribution is -2.41. The quantitative estimate of drug-likeness (QED) is 0.524. The fourth-order valence-corrected chi connectivity index (χ4v) is 5.39. The molecule has 0 bridgehead atoms. The van der Waals surface area contributed by atoms with E-state index in [0.717, 1.165) is 45.2 Å². The summed E-state index contributed by atoms with van der Waals surface area (Å²) in [7, 11) is 0. The average molecular weight is 426 g/mol. The third-order valence-electron chi connectivity index (χ3n) is 7.25. The summed E-state index contributed by atoms with van der Waals surface area (Å²) in [4.78, 5) is 22.6. The normalized spacial score (nSPS) is 28.3. The molecule has 1 unspecified atom stereocenters. The average Bonchev–Trinajstić information content (AvgIpc) is 3.11. The van der Waals surface area contributed by atoms with Crippen molar-refractivity contribution in [1.82, 2.24) is 9.80 Å². The van der Waals surface area contributed by atoms with Gasteiger partial charge in [0, 0.05) is 30.7 Å². The van der Waals surface area contributed by atoms with Crippen molar-refractivity contribution in [2.75, 3.05) is 13.1 Å². The number of aliphatic imine (C=N–C) groups is 1. The largest absolute Gasteiger partial charge is 0.420 e. The maximum atomic E-state index is 13.4. The van der Waals surface area contributed by atoms with Crippen molar-refractivity contribution < 1.29 is 9.53 Å². The topological polar surface area (TPSA) is 45.1 Å². The van der Waals surface area contributed by atoms with Gasteiger partial charge in [0.15, 0.2) is 5.76 Å². The van der Waals surface area contributed by atoms with E-state index < -0.39 is 0 Å². The van der Waals surface area contributed by atoms with Crippen LogP contribution in [0, 0.1) is 5.92 Å². The molecule has 1 aliphatic heterocycles. The van der Waals surface area contributed by atoms with Crippen LogP contribution in [0.2, 0.25) is 0 Å². The molecule has 170 valence electrons. The standard InChI is InChI=1S/C26H39N3O2/c1-3-28(4-2)22-17-15-20(16-18-22)19-24-25(30)29(23-13-9-6-10-14-23)26(31-24)27-21-11-7-5-8-12-21/h15,17-21,23H,3-14,16H2,1-2H3/b24-19+,27-26?. The molecule has 1 heterocycles. The predicted molar refractivity (Wildman–Crippen MR) is 125 cm³/mol. The molecule has 31 heavy (non-hydrogen) atoms. The minimum absolute atomic E-state index is 0.0216. The second-order valence-corrected chi connectivity index (χ2v) is 9.36. The van der Waals surface area contributed by atoms with Gasteiger partial charge in [0.2, 0.25) is 0 Å². The number of carbonyl (C=O) groups is 1. The Morgan fingerprint density at radius 1 is 1.06 bits per heavy atom. The van der Waals surface area contributed by atoms with Gasteiger partial charge in [-0.2, -0.15) is 0 Å². The van der Waals surface area contributed by atoms with E-state index >= 15 is 0 Å². The Kier molecular flexibility index (Phi) is 7.52. The molecule has 4 aliphatic rings. The van der Waals surface area contributed by atoms with E-state index in [2.05, 4.69) is 37.0 Å². The van der Waals surface area contributed by atoms with Crippen LogP contribution >= 0.6 is 0 Å². The second kappa shape index (κ2) is 10.5. The summed E-state index contributed by atoms with van der Waals surface area (Å²) in [6.07, 6.45) is 21.4. The lowest BCUT2D eigenvalue weighted by molar-refractivity contribution is -0.124. The van der Waals surface area contributed by atoms with Crippen LogP contribution < -0.4 is 0 Å². The van der Waals surface area contributed by atoms with Crippen LogP contribution in [0.5, 0.6) is 0 Å².